The van der Waals surface area contributed by atoms with Gasteiger partial charge in [-0.3, -0.25) is 0 Å². The third-order valence-corrected chi connectivity index (χ3v) is 3.45. The van der Waals surface area contributed by atoms with Gasteiger partial charge in [-0.05, 0) is 18.6 Å². The largest absolute Gasteiger partial charge is 0.389 e. The quantitative estimate of drug-likeness (QED) is 0.457. The number of thioether (sulfide) groups is 1. The molecule has 0 rings (SSSR count). The molecule has 0 spiro atoms. The molecule has 0 aliphatic rings. The van der Waals surface area contributed by atoms with Crippen LogP contribution >= 0.6 is 11.8 Å². The van der Waals surface area contributed by atoms with Crippen LogP contribution in [0.5, 0.6) is 0 Å². The molecule has 0 saturated carbocycles. The van der Waals surface area contributed by atoms with Gasteiger partial charge in [0, 0.05) is 18.1 Å². The fourth-order valence-corrected chi connectivity index (χ4v) is 2.22. The Hall–Kier alpha value is -0.190. The Morgan fingerprint density at radius 2 is 1.81 bits per heavy atom. The molecule has 0 radical (unpaired) electrons. The number of carbonyl (C=O) groups is 1. The lowest BCUT2D eigenvalue weighted by Gasteiger charge is -2.06. The minimum Gasteiger partial charge on any atom is -0.303 e. The molecule has 96 valence electrons. The van der Waals surface area contributed by atoms with Gasteiger partial charge in [-0.15, -0.1) is 0 Å². The molecule has 1 nitrogen and oxygen atoms in total. The maximum atomic E-state index is 11.8. The van der Waals surface area contributed by atoms with Crippen molar-refractivity contribution in [2.45, 2.75) is 45.2 Å². The fraction of sp³-hybridized carbons (Fsp3) is 0.909. The fourth-order valence-electron chi connectivity index (χ4n) is 1.19. The first-order chi connectivity index (χ1) is 7.45. The lowest BCUT2D eigenvalue weighted by molar-refractivity contribution is -0.135. The summed E-state index contributed by atoms with van der Waals surface area (Å²) in [6.45, 7) is 1.86. The highest BCUT2D eigenvalue weighted by Gasteiger charge is 2.25. The molecule has 0 aromatic heterocycles. The number of aldehydes is 1. The predicted octanol–water partition coefficient (Wildman–Crippen LogP) is 4.07. The third-order valence-electron chi connectivity index (χ3n) is 2.11. The molecule has 1 atom stereocenters. The van der Waals surface area contributed by atoms with E-state index in [2.05, 4.69) is 0 Å². The molecule has 1 unspecified atom stereocenters. The molecule has 5 heteroatoms. The summed E-state index contributed by atoms with van der Waals surface area (Å²) in [5.74, 6) is 1.83. The summed E-state index contributed by atoms with van der Waals surface area (Å²) in [6.07, 6.45) is -1.08. The zero-order valence-electron chi connectivity index (χ0n) is 9.55. The number of halogens is 3. The second kappa shape index (κ2) is 8.90. The van der Waals surface area contributed by atoms with E-state index in [9.17, 15) is 18.0 Å². The second-order valence-electron chi connectivity index (χ2n) is 3.97. The lowest BCUT2D eigenvalue weighted by Crippen LogP contribution is -2.06. The summed E-state index contributed by atoms with van der Waals surface area (Å²) < 4.78 is 35.3. The molecule has 0 amide bonds. The molecule has 0 heterocycles. The van der Waals surface area contributed by atoms with Gasteiger partial charge >= 0.3 is 6.18 Å². The molecule has 0 N–H and O–H groups in total. The Morgan fingerprint density at radius 1 is 1.19 bits per heavy atom. The van der Waals surface area contributed by atoms with Crippen molar-refractivity contribution in [2.24, 2.45) is 5.92 Å². The van der Waals surface area contributed by atoms with E-state index in [4.69, 9.17) is 0 Å². The van der Waals surface area contributed by atoms with Crippen LogP contribution in [0, 0.1) is 5.92 Å². The third kappa shape index (κ3) is 11.9. The number of rotatable bonds is 9. The van der Waals surface area contributed by atoms with Crippen LogP contribution in [0.4, 0.5) is 13.2 Å². The summed E-state index contributed by atoms with van der Waals surface area (Å²) in [5, 5.41) is 0. The number of unbranched alkanes of at least 4 members (excludes halogenated alkanes) is 3. The minimum absolute atomic E-state index is 0.0789. The highest BCUT2D eigenvalue weighted by molar-refractivity contribution is 7.99. The van der Waals surface area contributed by atoms with Crippen LogP contribution in [-0.4, -0.2) is 24.0 Å². The highest BCUT2D eigenvalue weighted by Crippen LogP contribution is 2.23. The van der Waals surface area contributed by atoms with E-state index < -0.39 is 12.6 Å². The van der Waals surface area contributed by atoms with Crippen molar-refractivity contribution in [2.75, 3.05) is 11.5 Å². The van der Waals surface area contributed by atoms with Crippen LogP contribution in [0.1, 0.15) is 39.0 Å². The van der Waals surface area contributed by atoms with E-state index in [0.717, 1.165) is 30.6 Å². The van der Waals surface area contributed by atoms with E-state index in [1.54, 1.807) is 11.8 Å². The maximum Gasteiger partial charge on any atom is 0.389 e. The first-order valence-corrected chi connectivity index (χ1v) is 6.71. The monoisotopic (exact) mass is 256 g/mol. The Balaban J connectivity index is 3.13. The normalized spacial score (nSPS) is 13.8. The van der Waals surface area contributed by atoms with Gasteiger partial charge in [-0.2, -0.15) is 24.9 Å². The summed E-state index contributed by atoms with van der Waals surface area (Å²) in [6, 6.07) is 0. The van der Waals surface area contributed by atoms with Gasteiger partial charge in [0.15, 0.2) is 0 Å². The Bertz CT molecular complexity index is 183. The van der Waals surface area contributed by atoms with Crippen molar-refractivity contribution in [3.05, 3.63) is 0 Å². The number of carbonyl (C=O) groups excluding carboxylic acids is 1. The first-order valence-electron chi connectivity index (χ1n) is 5.55. The molecule has 0 aromatic carbocycles. The van der Waals surface area contributed by atoms with E-state index in [1.165, 1.54) is 0 Å². The molecule has 0 fully saturated rings. The topological polar surface area (TPSA) is 17.1 Å². The van der Waals surface area contributed by atoms with E-state index in [0.29, 0.717) is 6.42 Å². The van der Waals surface area contributed by atoms with Crippen LogP contribution in [0.25, 0.3) is 0 Å². The molecule has 0 aliphatic heterocycles. The SMILES string of the molecule is CC(C=O)CSCCCCCCC(F)(F)F. The van der Waals surface area contributed by atoms with Crippen LogP contribution in [0.3, 0.4) is 0 Å². The van der Waals surface area contributed by atoms with Gasteiger partial charge in [0.05, 0.1) is 0 Å². The molecular weight excluding hydrogens is 237 g/mol. The summed E-state index contributed by atoms with van der Waals surface area (Å²) in [4.78, 5) is 10.3. The highest BCUT2D eigenvalue weighted by atomic mass is 32.2. The van der Waals surface area contributed by atoms with Crippen LogP contribution in [0.15, 0.2) is 0 Å². The maximum absolute atomic E-state index is 11.8. The van der Waals surface area contributed by atoms with Crippen molar-refractivity contribution in [3.8, 4) is 0 Å². The van der Waals surface area contributed by atoms with Crippen molar-refractivity contribution in [1.29, 1.82) is 0 Å². The van der Waals surface area contributed by atoms with Gasteiger partial charge in [-0.25, -0.2) is 0 Å². The molecule has 0 aliphatic carbocycles. The van der Waals surface area contributed by atoms with Gasteiger partial charge in [0.2, 0.25) is 0 Å². The van der Waals surface area contributed by atoms with Gasteiger partial charge in [-0.1, -0.05) is 19.8 Å². The van der Waals surface area contributed by atoms with Crippen molar-refractivity contribution < 1.29 is 18.0 Å². The van der Waals surface area contributed by atoms with E-state index in [1.807, 2.05) is 6.92 Å². The molecule has 0 bridgehead atoms. The van der Waals surface area contributed by atoms with Gasteiger partial charge in [0.25, 0.3) is 0 Å². The molecular formula is C11H19F3OS. The van der Waals surface area contributed by atoms with Crippen LogP contribution in [-0.2, 0) is 4.79 Å². The predicted molar refractivity (Wildman–Crippen MR) is 61.7 cm³/mol. The van der Waals surface area contributed by atoms with E-state index in [-0.39, 0.29) is 12.3 Å². The standard InChI is InChI=1S/C11H19F3OS/c1-10(8-15)9-16-7-5-3-2-4-6-11(12,13)14/h8,10H,2-7,9H2,1H3. The first kappa shape index (κ1) is 15.8. The zero-order chi connectivity index (χ0) is 12.4. The summed E-state index contributed by atoms with van der Waals surface area (Å²) >= 11 is 1.70. The smallest absolute Gasteiger partial charge is 0.303 e. The van der Waals surface area contributed by atoms with Crippen LogP contribution < -0.4 is 0 Å². The number of alkyl halides is 3. The molecule has 0 aromatic rings. The Labute approximate surface area is 99.2 Å². The number of hydrogen-bond donors (Lipinski definition) is 0. The van der Waals surface area contributed by atoms with Crippen molar-refractivity contribution >= 4 is 18.0 Å². The lowest BCUT2D eigenvalue weighted by atomic mass is 10.1. The average Bonchev–Trinajstić information content (AvgIpc) is 2.20. The summed E-state index contributed by atoms with van der Waals surface area (Å²) in [5.41, 5.74) is 0. The second-order valence-corrected chi connectivity index (χ2v) is 5.12. The summed E-state index contributed by atoms with van der Waals surface area (Å²) in [7, 11) is 0. The number of hydrogen-bond acceptors (Lipinski definition) is 2. The Kier molecular flexibility index (Phi) is 8.80. The van der Waals surface area contributed by atoms with Crippen LogP contribution in [0.2, 0.25) is 0 Å². The molecule has 0 saturated heterocycles. The van der Waals surface area contributed by atoms with E-state index >= 15 is 0 Å². The van der Waals surface area contributed by atoms with Crippen molar-refractivity contribution in [3.63, 3.8) is 0 Å². The van der Waals surface area contributed by atoms with Gasteiger partial charge < -0.3 is 4.79 Å². The minimum atomic E-state index is -4.01. The average molecular weight is 256 g/mol. The molecule has 16 heavy (non-hydrogen) atoms. The Morgan fingerprint density at radius 3 is 2.38 bits per heavy atom. The van der Waals surface area contributed by atoms with Crippen molar-refractivity contribution in [1.82, 2.24) is 0 Å². The van der Waals surface area contributed by atoms with Gasteiger partial charge in [0.1, 0.15) is 6.29 Å². The zero-order valence-corrected chi connectivity index (χ0v) is 10.4.